The van der Waals surface area contributed by atoms with Crippen LogP contribution in [0.25, 0.3) is 0 Å². The van der Waals surface area contributed by atoms with E-state index < -0.39 is 18.1 Å². The average molecular weight is 434 g/mol. The summed E-state index contributed by atoms with van der Waals surface area (Å²) in [6, 6.07) is -0.632. The van der Waals surface area contributed by atoms with Crippen LogP contribution in [0.4, 0.5) is 0 Å². The molecule has 0 aliphatic heterocycles. The topological polar surface area (TPSA) is 103 Å². The Morgan fingerprint density at radius 2 is 1.76 bits per heavy atom. The maximum Gasteiger partial charge on any atom is 0.328 e. The van der Waals surface area contributed by atoms with Crippen LogP contribution in [0.15, 0.2) is 0 Å². The van der Waals surface area contributed by atoms with Gasteiger partial charge in [0.2, 0.25) is 5.91 Å². The fourth-order valence-electron chi connectivity index (χ4n) is 2.94. The number of carbonyl (C=O) groups excluding carboxylic acids is 2. The van der Waals surface area contributed by atoms with Crippen molar-refractivity contribution in [1.29, 1.82) is 0 Å². The molecule has 0 saturated carbocycles. The molecule has 0 bridgehead atoms. The van der Waals surface area contributed by atoms with Gasteiger partial charge in [0.25, 0.3) is 0 Å². The van der Waals surface area contributed by atoms with E-state index in [-0.39, 0.29) is 29.8 Å². The van der Waals surface area contributed by atoms with Crippen molar-refractivity contribution in [3.8, 4) is 0 Å². The molecule has 0 fully saturated rings. The minimum Gasteiger partial charge on any atom is -0.467 e. The second-order valence-corrected chi connectivity index (χ2v) is 8.92. The van der Waals surface area contributed by atoms with E-state index in [1.54, 1.807) is 0 Å². The maximum absolute atomic E-state index is 12.9. The van der Waals surface area contributed by atoms with Crippen LogP contribution in [0.3, 0.4) is 0 Å². The molecule has 4 unspecified atom stereocenters. The summed E-state index contributed by atoms with van der Waals surface area (Å²) in [6.45, 7) is 13.2. The smallest absolute Gasteiger partial charge is 0.328 e. The molecule has 4 N–H and O–H groups in total. The summed E-state index contributed by atoms with van der Waals surface area (Å²) in [5.74, 6) is 0.447. The summed E-state index contributed by atoms with van der Waals surface area (Å²) >= 11 is 4.22. The maximum atomic E-state index is 12.9. The number of amides is 1. The summed E-state index contributed by atoms with van der Waals surface area (Å²) in [4.78, 5) is 24.9. The first kappa shape index (κ1) is 28.2. The number of ether oxygens (including phenoxy) is 2. The van der Waals surface area contributed by atoms with Crippen molar-refractivity contribution in [3.05, 3.63) is 0 Å². The summed E-state index contributed by atoms with van der Waals surface area (Å²) in [5, 5.41) is 6.26. The van der Waals surface area contributed by atoms with Gasteiger partial charge in [-0.3, -0.25) is 4.79 Å². The van der Waals surface area contributed by atoms with Crippen molar-refractivity contribution in [3.63, 3.8) is 0 Å². The molecule has 0 spiro atoms. The van der Waals surface area contributed by atoms with E-state index in [1.165, 1.54) is 7.11 Å². The van der Waals surface area contributed by atoms with Gasteiger partial charge in [-0.2, -0.15) is 12.6 Å². The third kappa shape index (κ3) is 11.2. The van der Waals surface area contributed by atoms with E-state index in [2.05, 4.69) is 37.1 Å². The number of nitrogens with two attached hydrogens (primary N) is 1. The van der Waals surface area contributed by atoms with Gasteiger partial charge in [-0.15, -0.1) is 0 Å². The van der Waals surface area contributed by atoms with Gasteiger partial charge < -0.3 is 25.8 Å². The number of thiol groups is 1. The first-order valence-electron chi connectivity index (χ1n) is 10.7. The van der Waals surface area contributed by atoms with E-state index in [1.807, 2.05) is 27.7 Å². The van der Waals surface area contributed by atoms with Crippen molar-refractivity contribution in [2.45, 2.75) is 78.6 Å². The number of methoxy groups -OCH3 is 1. The molecule has 0 radical (unpaired) electrons. The van der Waals surface area contributed by atoms with Gasteiger partial charge >= 0.3 is 5.97 Å². The molecule has 8 heteroatoms. The molecule has 0 aromatic heterocycles. The summed E-state index contributed by atoms with van der Waals surface area (Å²) in [6.07, 6.45) is 0.845. The summed E-state index contributed by atoms with van der Waals surface area (Å²) < 4.78 is 10.9. The SMILES string of the molecule is CCC(C)C(COC(C(=O)NC(CC(C)C)C(=O)OC)C(C)C)NC[C@H](N)CS. The van der Waals surface area contributed by atoms with Crippen LogP contribution < -0.4 is 16.4 Å². The van der Waals surface area contributed by atoms with Crippen LogP contribution >= 0.6 is 12.6 Å². The molecule has 29 heavy (non-hydrogen) atoms. The van der Waals surface area contributed by atoms with Crippen molar-refractivity contribution < 1.29 is 19.1 Å². The lowest BCUT2D eigenvalue weighted by Crippen LogP contribution is -2.51. The molecular weight excluding hydrogens is 390 g/mol. The third-order valence-electron chi connectivity index (χ3n) is 5.04. The van der Waals surface area contributed by atoms with E-state index in [4.69, 9.17) is 15.2 Å². The highest BCUT2D eigenvalue weighted by Gasteiger charge is 2.30. The highest BCUT2D eigenvalue weighted by Crippen LogP contribution is 2.14. The number of esters is 1. The standard InChI is InChI=1S/C21H43N3O4S/c1-8-15(6)18(23-10-16(22)12-29)11-28-19(14(4)5)20(25)24-17(9-13(2)3)21(26)27-7/h13-19,23,29H,8-12,22H2,1-7H3,(H,24,25)/t15?,16-,17?,18?,19?/m0/s1. The number of hydrogen-bond acceptors (Lipinski definition) is 7. The Balaban J connectivity index is 5.07. The lowest BCUT2D eigenvalue weighted by Gasteiger charge is -2.29. The average Bonchev–Trinajstić information content (AvgIpc) is 2.67. The predicted octanol–water partition coefficient (Wildman–Crippen LogP) is 1.99. The van der Waals surface area contributed by atoms with E-state index >= 15 is 0 Å². The van der Waals surface area contributed by atoms with Gasteiger partial charge in [0.1, 0.15) is 12.1 Å². The molecule has 172 valence electrons. The number of carbonyl (C=O) groups is 2. The largest absolute Gasteiger partial charge is 0.467 e. The Bertz CT molecular complexity index is 477. The van der Waals surface area contributed by atoms with Crippen LogP contribution in [-0.2, 0) is 19.1 Å². The minimum absolute atomic E-state index is 0.0362. The Morgan fingerprint density at radius 1 is 1.14 bits per heavy atom. The van der Waals surface area contributed by atoms with Gasteiger partial charge in [0.05, 0.1) is 13.7 Å². The molecule has 0 heterocycles. The summed E-state index contributed by atoms with van der Waals surface area (Å²) in [7, 11) is 1.33. The van der Waals surface area contributed by atoms with Crippen molar-refractivity contribution in [2.75, 3.05) is 26.0 Å². The quantitative estimate of drug-likeness (QED) is 0.233. The van der Waals surface area contributed by atoms with Crippen molar-refractivity contribution in [1.82, 2.24) is 10.6 Å². The second-order valence-electron chi connectivity index (χ2n) is 8.55. The predicted molar refractivity (Wildman–Crippen MR) is 121 cm³/mol. The summed E-state index contributed by atoms with van der Waals surface area (Å²) in [5.41, 5.74) is 5.96. The molecule has 0 aromatic carbocycles. The van der Waals surface area contributed by atoms with Gasteiger partial charge in [-0.25, -0.2) is 4.79 Å². The fraction of sp³-hybridized carbons (Fsp3) is 0.905. The van der Waals surface area contributed by atoms with E-state index in [9.17, 15) is 9.59 Å². The van der Waals surface area contributed by atoms with Gasteiger partial charge in [-0.1, -0.05) is 48.0 Å². The molecule has 5 atom stereocenters. The lowest BCUT2D eigenvalue weighted by atomic mass is 9.99. The normalized spacial score (nSPS) is 16.9. The molecule has 0 aliphatic carbocycles. The van der Waals surface area contributed by atoms with Gasteiger partial charge in [0.15, 0.2) is 0 Å². The zero-order chi connectivity index (χ0) is 22.6. The molecule has 0 aromatic rings. The second kappa shape index (κ2) is 15.0. The highest BCUT2D eigenvalue weighted by molar-refractivity contribution is 7.80. The first-order chi connectivity index (χ1) is 13.6. The van der Waals surface area contributed by atoms with E-state index in [0.717, 1.165) is 6.42 Å². The third-order valence-corrected chi connectivity index (χ3v) is 5.51. The molecule has 0 rings (SSSR count). The molecule has 0 saturated heterocycles. The number of rotatable bonds is 15. The van der Waals surface area contributed by atoms with Crippen LogP contribution in [0, 0.1) is 17.8 Å². The molecular formula is C21H43N3O4S. The van der Waals surface area contributed by atoms with Crippen LogP contribution in [0.2, 0.25) is 0 Å². The van der Waals surface area contributed by atoms with Crippen molar-refractivity contribution in [2.24, 2.45) is 23.5 Å². The minimum atomic E-state index is -0.672. The zero-order valence-electron chi connectivity index (χ0n) is 19.2. The molecule has 1 amide bonds. The van der Waals surface area contributed by atoms with Crippen molar-refractivity contribution >= 4 is 24.5 Å². The molecule has 0 aliphatic rings. The Morgan fingerprint density at radius 3 is 2.21 bits per heavy atom. The Labute approximate surface area is 182 Å². The Kier molecular flexibility index (Phi) is 14.6. The van der Waals surface area contributed by atoms with Crippen LogP contribution in [0.1, 0.15) is 54.4 Å². The Hall–Kier alpha value is -0.830. The monoisotopic (exact) mass is 433 g/mol. The number of hydrogen-bond donors (Lipinski definition) is 4. The number of nitrogens with one attached hydrogen (secondary N) is 2. The van der Waals surface area contributed by atoms with E-state index in [0.29, 0.717) is 31.2 Å². The van der Waals surface area contributed by atoms with Crippen LogP contribution in [0.5, 0.6) is 0 Å². The molecule has 7 nitrogen and oxygen atoms in total. The lowest BCUT2D eigenvalue weighted by molar-refractivity contribution is -0.148. The van der Waals surface area contributed by atoms with Gasteiger partial charge in [-0.05, 0) is 24.2 Å². The first-order valence-corrected chi connectivity index (χ1v) is 11.3. The van der Waals surface area contributed by atoms with Crippen LogP contribution in [-0.4, -0.2) is 62.1 Å². The highest BCUT2D eigenvalue weighted by atomic mass is 32.1. The fourth-order valence-corrected chi connectivity index (χ4v) is 3.07. The van der Waals surface area contributed by atoms with Gasteiger partial charge in [0, 0.05) is 24.4 Å². The zero-order valence-corrected chi connectivity index (χ0v) is 20.1.